The summed E-state index contributed by atoms with van der Waals surface area (Å²) in [5, 5.41) is 9.62. The van der Waals surface area contributed by atoms with Crippen LogP contribution >= 0.6 is 0 Å². The van der Waals surface area contributed by atoms with Gasteiger partial charge in [-0.1, -0.05) is 34.1 Å². The van der Waals surface area contributed by atoms with Gasteiger partial charge in [0, 0.05) is 19.6 Å². The third-order valence-electron chi connectivity index (χ3n) is 5.55. The van der Waals surface area contributed by atoms with Gasteiger partial charge in [0.05, 0.1) is 5.41 Å². The van der Waals surface area contributed by atoms with E-state index in [9.17, 15) is 9.90 Å². The Morgan fingerprint density at radius 1 is 1.32 bits per heavy atom. The van der Waals surface area contributed by atoms with Crippen molar-refractivity contribution >= 4 is 5.97 Å². The normalized spacial score (nSPS) is 31.6. The highest BCUT2D eigenvalue weighted by molar-refractivity contribution is 5.76. The fraction of sp³-hybridized carbons (Fsp3) is 0.938. The smallest absolute Gasteiger partial charge is 0.311 e. The maximum Gasteiger partial charge on any atom is 0.311 e. The molecular weight excluding hydrogens is 238 g/mol. The molecular formula is C16H29NO2. The minimum absolute atomic E-state index is 0.393. The van der Waals surface area contributed by atoms with Crippen molar-refractivity contribution in [2.45, 2.75) is 47.0 Å². The molecule has 0 aromatic carbocycles. The van der Waals surface area contributed by atoms with Crippen molar-refractivity contribution in [2.24, 2.45) is 29.1 Å². The summed E-state index contributed by atoms with van der Waals surface area (Å²) >= 11 is 0. The number of hydrogen-bond donors (Lipinski definition) is 1. The average Bonchev–Trinajstić information content (AvgIpc) is 2.81. The van der Waals surface area contributed by atoms with E-state index >= 15 is 0 Å². The van der Waals surface area contributed by atoms with Crippen LogP contribution in [-0.2, 0) is 4.79 Å². The van der Waals surface area contributed by atoms with E-state index in [1.54, 1.807) is 0 Å². The Hall–Kier alpha value is -0.570. The second-order valence-corrected chi connectivity index (χ2v) is 7.40. The number of carboxylic acid groups (broad SMARTS) is 1. The largest absolute Gasteiger partial charge is 0.481 e. The quantitative estimate of drug-likeness (QED) is 0.832. The summed E-state index contributed by atoms with van der Waals surface area (Å²) in [6, 6.07) is 0. The van der Waals surface area contributed by atoms with Crippen molar-refractivity contribution < 1.29 is 9.90 Å². The standard InChI is InChI=1S/C16H29NO2/c1-11(2)14(12(3)4)9-17-8-13-6-5-7-16(13,10-17)15(18)19/h11-14H,5-10H2,1-4H3,(H,18,19)/t13-,16+/m0/s1. The summed E-state index contributed by atoms with van der Waals surface area (Å²) in [5.41, 5.74) is -0.418. The van der Waals surface area contributed by atoms with Gasteiger partial charge in [0.15, 0.2) is 0 Å². The molecule has 0 amide bonds. The molecule has 2 atom stereocenters. The third kappa shape index (κ3) is 2.67. The van der Waals surface area contributed by atoms with Crippen LogP contribution in [0, 0.1) is 29.1 Å². The van der Waals surface area contributed by atoms with Gasteiger partial charge >= 0.3 is 5.97 Å². The molecule has 2 aliphatic rings. The molecule has 1 aliphatic heterocycles. The van der Waals surface area contributed by atoms with Crippen LogP contribution in [0.1, 0.15) is 47.0 Å². The third-order valence-corrected chi connectivity index (χ3v) is 5.55. The van der Waals surface area contributed by atoms with Crippen molar-refractivity contribution in [1.29, 1.82) is 0 Å². The zero-order valence-corrected chi connectivity index (χ0v) is 12.9. The summed E-state index contributed by atoms with van der Waals surface area (Å²) in [6.07, 6.45) is 3.09. The molecule has 2 rings (SSSR count). The molecule has 1 aliphatic carbocycles. The van der Waals surface area contributed by atoms with Gasteiger partial charge in [-0.15, -0.1) is 0 Å². The van der Waals surface area contributed by atoms with E-state index in [4.69, 9.17) is 0 Å². The molecule has 0 unspecified atom stereocenters. The van der Waals surface area contributed by atoms with Crippen LogP contribution in [0.15, 0.2) is 0 Å². The summed E-state index contributed by atoms with van der Waals surface area (Å²) in [6.45, 7) is 12.0. The fourth-order valence-corrected chi connectivity index (χ4v) is 4.37. The predicted molar refractivity (Wildman–Crippen MR) is 77.0 cm³/mol. The molecule has 0 bridgehead atoms. The van der Waals surface area contributed by atoms with Gasteiger partial charge < -0.3 is 10.0 Å². The topological polar surface area (TPSA) is 40.5 Å². The van der Waals surface area contributed by atoms with Gasteiger partial charge in [0.2, 0.25) is 0 Å². The van der Waals surface area contributed by atoms with Crippen LogP contribution < -0.4 is 0 Å². The Balaban J connectivity index is 2.04. The number of aliphatic carboxylic acids is 1. The predicted octanol–water partition coefficient (Wildman–Crippen LogP) is 3.10. The fourth-order valence-electron chi connectivity index (χ4n) is 4.37. The Labute approximate surface area is 117 Å². The van der Waals surface area contributed by atoms with Crippen molar-refractivity contribution in [3.8, 4) is 0 Å². The highest BCUT2D eigenvalue weighted by Gasteiger charge is 2.54. The van der Waals surface area contributed by atoms with E-state index in [1.807, 2.05) is 0 Å². The second-order valence-electron chi connectivity index (χ2n) is 7.40. The van der Waals surface area contributed by atoms with Crippen LogP contribution in [-0.4, -0.2) is 35.6 Å². The number of carbonyl (C=O) groups is 1. The van der Waals surface area contributed by atoms with E-state index in [0.29, 0.717) is 23.7 Å². The minimum atomic E-state index is -0.553. The average molecular weight is 267 g/mol. The number of fused-ring (bicyclic) bond motifs is 1. The molecule has 0 spiro atoms. The first-order chi connectivity index (χ1) is 8.86. The number of likely N-dealkylation sites (tertiary alicyclic amines) is 1. The van der Waals surface area contributed by atoms with E-state index in [0.717, 1.165) is 38.9 Å². The van der Waals surface area contributed by atoms with Gasteiger partial charge in [-0.05, 0) is 36.5 Å². The van der Waals surface area contributed by atoms with Crippen LogP contribution in [0.2, 0.25) is 0 Å². The molecule has 3 nitrogen and oxygen atoms in total. The lowest BCUT2D eigenvalue weighted by atomic mass is 9.81. The second kappa shape index (κ2) is 5.43. The summed E-state index contributed by atoms with van der Waals surface area (Å²) in [4.78, 5) is 14.1. The zero-order chi connectivity index (χ0) is 14.2. The van der Waals surface area contributed by atoms with Crippen molar-refractivity contribution in [3.05, 3.63) is 0 Å². The SMILES string of the molecule is CC(C)C(CN1C[C@@H]2CCC[C@@]2(C(=O)O)C1)C(C)C. The molecule has 3 heteroatoms. The molecule has 19 heavy (non-hydrogen) atoms. The maximum absolute atomic E-state index is 11.7. The molecule has 1 saturated heterocycles. The first-order valence-corrected chi connectivity index (χ1v) is 7.82. The number of nitrogens with zero attached hydrogens (tertiary/aromatic N) is 1. The Morgan fingerprint density at radius 2 is 1.95 bits per heavy atom. The number of carboxylic acids is 1. The van der Waals surface area contributed by atoms with E-state index in [2.05, 4.69) is 32.6 Å². The molecule has 1 N–H and O–H groups in total. The Kier molecular flexibility index (Phi) is 4.24. The molecule has 0 radical (unpaired) electrons. The first-order valence-electron chi connectivity index (χ1n) is 7.82. The monoisotopic (exact) mass is 267 g/mol. The van der Waals surface area contributed by atoms with Crippen molar-refractivity contribution in [3.63, 3.8) is 0 Å². The maximum atomic E-state index is 11.7. The van der Waals surface area contributed by atoms with Gasteiger partial charge in [-0.2, -0.15) is 0 Å². The van der Waals surface area contributed by atoms with Gasteiger partial charge in [-0.25, -0.2) is 0 Å². The summed E-state index contributed by atoms with van der Waals surface area (Å²) < 4.78 is 0. The lowest BCUT2D eigenvalue weighted by Crippen LogP contribution is -2.38. The van der Waals surface area contributed by atoms with E-state index in [1.165, 1.54) is 0 Å². The van der Waals surface area contributed by atoms with Crippen molar-refractivity contribution in [1.82, 2.24) is 4.90 Å². The van der Waals surface area contributed by atoms with Gasteiger partial charge in [0.25, 0.3) is 0 Å². The van der Waals surface area contributed by atoms with Crippen LogP contribution in [0.4, 0.5) is 0 Å². The van der Waals surface area contributed by atoms with Gasteiger partial charge in [0.1, 0.15) is 0 Å². The molecule has 0 aromatic rings. The zero-order valence-electron chi connectivity index (χ0n) is 12.9. The first kappa shape index (κ1) is 14.8. The molecule has 0 aromatic heterocycles. The highest BCUT2D eigenvalue weighted by Crippen LogP contribution is 2.49. The van der Waals surface area contributed by atoms with Crippen molar-refractivity contribution in [2.75, 3.05) is 19.6 Å². The Bertz CT molecular complexity index is 332. The minimum Gasteiger partial charge on any atom is -0.481 e. The molecule has 110 valence electrons. The van der Waals surface area contributed by atoms with Crippen LogP contribution in [0.25, 0.3) is 0 Å². The number of rotatable bonds is 5. The lowest BCUT2D eigenvalue weighted by molar-refractivity contribution is -0.149. The summed E-state index contributed by atoms with van der Waals surface area (Å²) in [7, 11) is 0. The number of hydrogen-bond acceptors (Lipinski definition) is 2. The highest BCUT2D eigenvalue weighted by atomic mass is 16.4. The van der Waals surface area contributed by atoms with Gasteiger partial charge in [-0.3, -0.25) is 4.79 Å². The lowest BCUT2D eigenvalue weighted by Gasteiger charge is -2.30. The molecule has 1 saturated carbocycles. The van der Waals surface area contributed by atoms with E-state index in [-0.39, 0.29) is 0 Å². The molecule has 1 heterocycles. The summed E-state index contributed by atoms with van der Waals surface area (Å²) in [5.74, 6) is 1.85. The van der Waals surface area contributed by atoms with Crippen LogP contribution in [0.5, 0.6) is 0 Å². The van der Waals surface area contributed by atoms with Crippen LogP contribution in [0.3, 0.4) is 0 Å². The Morgan fingerprint density at radius 3 is 2.42 bits per heavy atom. The van der Waals surface area contributed by atoms with E-state index < -0.39 is 11.4 Å². The molecule has 2 fully saturated rings.